The molecule has 1 unspecified atom stereocenters. The minimum absolute atomic E-state index is 0.0739. The van der Waals surface area contributed by atoms with Crippen molar-refractivity contribution in [3.8, 4) is 5.75 Å². The average Bonchev–Trinajstić information content (AvgIpc) is 2.92. The van der Waals surface area contributed by atoms with Crippen molar-refractivity contribution < 1.29 is 9.53 Å². The zero-order chi connectivity index (χ0) is 14.6. The number of carbonyl (C=O) groups is 1. The number of benzene rings is 1. The molecule has 0 saturated carbocycles. The number of hydrogen-bond donors (Lipinski definition) is 2. The van der Waals surface area contributed by atoms with Gasteiger partial charge in [0, 0.05) is 5.69 Å². The second kappa shape index (κ2) is 6.27. The SMILES string of the molecule is CCOc1ccc(NC(=O)C2(CC)CCCN2)c(C)c1. The number of anilines is 1. The minimum Gasteiger partial charge on any atom is -0.494 e. The normalized spacial score (nSPS) is 21.8. The molecule has 4 nitrogen and oxygen atoms in total. The number of nitrogens with one attached hydrogen (secondary N) is 2. The van der Waals surface area contributed by atoms with Crippen LogP contribution in [0.4, 0.5) is 5.69 Å². The molecule has 1 heterocycles. The Bertz CT molecular complexity index is 479. The van der Waals surface area contributed by atoms with E-state index < -0.39 is 5.54 Å². The van der Waals surface area contributed by atoms with Gasteiger partial charge < -0.3 is 15.4 Å². The molecule has 0 radical (unpaired) electrons. The maximum absolute atomic E-state index is 12.5. The first-order valence-electron chi connectivity index (χ1n) is 7.41. The Balaban J connectivity index is 2.11. The molecule has 2 rings (SSSR count). The summed E-state index contributed by atoms with van der Waals surface area (Å²) in [5.74, 6) is 0.914. The van der Waals surface area contributed by atoms with Crippen LogP contribution in [-0.4, -0.2) is 24.6 Å². The van der Waals surface area contributed by atoms with Crippen LogP contribution in [0.3, 0.4) is 0 Å². The molecule has 2 N–H and O–H groups in total. The van der Waals surface area contributed by atoms with E-state index in [9.17, 15) is 4.79 Å². The van der Waals surface area contributed by atoms with Gasteiger partial charge in [-0.05, 0) is 63.4 Å². The van der Waals surface area contributed by atoms with Crippen LogP contribution < -0.4 is 15.4 Å². The fraction of sp³-hybridized carbons (Fsp3) is 0.562. The summed E-state index contributed by atoms with van der Waals surface area (Å²) < 4.78 is 5.46. The van der Waals surface area contributed by atoms with E-state index in [4.69, 9.17) is 4.74 Å². The van der Waals surface area contributed by atoms with Crippen LogP contribution >= 0.6 is 0 Å². The van der Waals surface area contributed by atoms with Gasteiger partial charge in [-0.3, -0.25) is 4.79 Å². The predicted octanol–water partition coefficient (Wildman–Crippen LogP) is 2.86. The highest BCUT2D eigenvalue weighted by atomic mass is 16.5. The van der Waals surface area contributed by atoms with Gasteiger partial charge in [0.25, 0.3) is 0 Å². The first kappa shape index (κ1) is 14.9. The highest BCUT2D eigenvalue weighted by Crippen LogP contribution is 2.27. The monoisotopic (exact) mass is 276 g/mol. The van der Waals surface area contributed by atoms with Crippen molar-refractivity contribution >= 4 is 11.6 Å². The molecule has 0 aromatic heterocycles. The molecule has 1 atom stereocenters. The lowest BCUT2D eigenvalue weighted by molar-refractivity contribution is -0.122. The number of rotatable bonds is 5. The molecule has 1 fully saturated rings. The average molecular weight is 276 g/mol. The Hall–Kier alpha value is -1.55. The molecule has 1 aromatic rings. The van der Waals surface area contributed by atoms with Crippen molar-refractivity contribution in [3.63, 3.8) is 0 Å². The summed E-state index contributed by atoms with van der Waals surface area (Å²) in [6, 6.07) is 5.77. The zero-order valence-corrected chi connectivity index (χ0v) is 12.6. The summed E-state index contributed by atoms with van der Waals surface area (Å²) in [4.78, 5) is 12.5. The lowest BCUT2D eigenvalue weighted by Crippen LogP contribution is -2.50. The molecule has 110 valence electrons. The van der Waals surface area contributed by atoms with Crippen molar-refractivity contribution in [1.82, 2.24) is 5.32 Å². The van der Waals surface area contributed by atoms with Gasteiger partial charge in [-0.1, -0.05) is 6.92 Å². The highest BCUT2D eigenvalue weighted by Gasteiger charge is 2.39. The third kappa shape index (κ3) is 2.96. The number of hydrogen-bond acceptors (Lipinski definition) is 3. The number of carbonyl (C=O) groups excluding carboxylic acids is 1. The van der Waals surface area contributed by atoms with E-state index in [1.807, 2.05) is 32.0 Å². The molecule has 1 amide bonds. The van der Waals surface area contributed by atoms with Gasteiger partial charge in [0.05, 0.1) is 12.1 Å². The van der Waals surface area contributed by atoms with E-state index >= 15 is 0 Å². The van der Waals surface area contributed by atoms with Gasteiger partial charge in [-0.2, -0.15) is 0 Å². The molecule has 0 aliphatic carbocycles. The summed E-state index contributed by atoms with van der Waals surface area (Å²) in [6.45, 7) is 7.57. The van der Waals surface area contributed by atoms with Gasteiger partial charge in [-0.15, -0.1) is 0 Å². The van der Waals surface area contributed by atoms with Crippen molar-refractivity contribution in [2.75, 3.05) is 18.5 Å². The molecule has 1 aliphatic heterocycles. The lowest BCUT2D eigenvalue weighted by Gasteiger charge is -2.27. The Morgan fingerprint density at radius 1 is 1.45 bits per heavy atom. The van der Waals surface area contributed by atoms with E-state index in [0.29, 0.717) is 6.61 Å². The van der Waals surface area contributed by atoms with E-state index in [-0.39, 0.29) is 5.91 Å². The van der Waals surface area contributed by atoms with Gasteiger partial charge in [0.15, 0.2) is 0 Å². The Labute approximate surface area is 120 Å². The third-order valence-corrected chi connectivity index (χ3v) is 4.04. The quantitative estimate of drug-likeness (QED) is 0.869. The highest BCUT2D eigenvalue weighted by molar-refractivity contribution is 5.98. The van der Waals surface area contributed by atoms with Gasteiger partial charge in [0.1, 0.15) is 5.75 Å². The summed E-state index contributed by atoms with van der Waals surface area (Å²) in [5, 5.41) is 6.41. The van der Waals surface area contributed by atoms with Crippen LogP contribution in [0, 0.1) is 6.92 Å². The molecule has 20 heavy (non-hydrogen) atoms. The predicted molar refractivity (Wildman–Crippen MR) is 81.2 cm³/mol. The van der Waals surface area contributed by atoms with Gasteiger partial charge in [-0.25, -0.2) is 0 Å². The smallest absolute Gasteiger partial charge is 0.244 e. The van der Waals surface area contributed by atoms with E-state index in [1.165, 1.54) is 0 Å². The standard InChI is InChI=1S/C16H24N2O2/c1-4-16(9-6-10-17-16)15(19)18-14-8-7-13(20-5-2)11-12(14)3/h7-8,11,17H,4-6,9-10H2,1-3H3,(H,18,19). The first-order valence-corrected chi connectivity index (χ1v) is 7.41. The third-order valence-electron chi connectivity index (χ3n) is 4.04. The summed E-state index contributed by atoms with van der Waals surface area (Å²) in [6.07, 6.45) is 2.78. The van der Waals surface area contributed by atoms with Crippen molar-refractivity contribution in [2.24, 2.45) is 0 Å². The number of amides is 1. The van der Waals surface area contributed by atoms with Gasteiger partial charge >= 0.3 is 0 Å². The Kier molecular flexibility index (Phi) is 4.65. The topological polar surface area (TPSA) is 50.4 Å². The van der Waals surface area contributed by atoms with Crippen LogP contribution in [0.1, 0.15) is 38.7 Å². The van der Waals surface area contributed by atoms with E-state index in [0.717, 1.165) is 42.8 Å². The minimum atomic E-state index is -0.398. The largest absolute Gasteiger partial charge is 0.494 e. The molecule has 0 bridgehead atoms. The lowest BCUT2D eigenvalue weighted by atomic mass is 9.93. The van der Waals surface area contributed by atoms with Gasteiger partial charge in [0.2, 0.25) is 5.91 Å². The van der Waals surface area contributed by atoms with Crippen LogP contribution in [0.5, 0.6) is 5.75 Å². The second-order valence-corrected chi connectivity index (χ2v) is 5.33. The summed E-state index contributed by atoms with van der Waals surface area (Å²) in [5.41, 5.74) is 1.49. The second-order valence-electron chi connectivity index (χ2n) is 5.33. The molecule has 4 heteroatoms. The van der Waals surface area contributed by atoms with Crippen molar-refractivity contribution in [1.29, 1.82) is 0 Å². The Morgan fingerprint density at radius 3 is 2.80 bits per heavy atom. The maximum atomic E-state index is 12.5. The number of aryl methyl sites for hydroxylation is 1. The Morgan fingerprint density at radius 2 is 2.25 bits per heavy atom. The first-order chi connectivity index (χ1) is 9.61. The van der Waals surface area contributed by atoms with Crippen molar-refractivity contribution in [2.45, 2.75) is 45.6 Å². The molecule has 1 aromatic carbocycles. The fourth-order valence-electron chi connectivity index (χ4n) is 2.74. The van der Waals surface area contributed by atoms with E-state index in [1.54, 1.807) is 0 Å². The number of ether oxygens (including phenoxy) is 1. The van der Waals surface area contributed by atoms with Crippen LogP contribution in [0.15, 0.2) is 18.2 Å². The van der Waals surface area contributed by atoms with Crippen LogP contribution in [0.25, 0.3) is 0 Å². The maximum Gasteiger partial charge on any atom is 0.244 e. The molecule has 1 aliphatic rings. The van der Waals surface area contributed by atoms with Crippen molar-refractivity contribution in [3.05, 3.63) is 23.8 Å². The molecule has 0 spiro atoms. The summed E-state index contributed by atoms with van der Waals surface area (Å²) >= 11 is 0. The molecule has 1 saturated heterocycles. The molecular formula is C16H24N2O2. The van der Waals surface area contributed by atoms with Crippen LogP contribution in [-0.2, 0) is 4.79 Å². The molecular weight excluding hydrogens is 252 g/mol. The fourth-order valence-corrected chi connectivity index (χ4v) is 2.74. The van der Waals surface area contributed by atoms with Crippen LogP contribution in [0.2, 0.25) is 0 Å². The van der Waals surface area contributed by atoms with E-state index in [2.05, 4.69) is 17.6 Å². The zero-order valence-electron chi connectivity index (χ0n) is 12.6. The summed E-state index contributed by atoms with van der Waals surface area (Å²) in [7, 11) is 0.